The molecular formula is C12H8FN2NaO5S. The first-order valence-corrected chi connectivity index (χ1v) is 6.95. The standard InChI is InChI=1S/C12H9FN2O5S.Na/c13-8-1-3-9(4-2-8)14-11-6-5-10(15(16)17)7-12(11)21(18,19)20;/h1-7,14H,(H,18,19,20);/q;+1/p-1. The van der Waals surface area contributed by atoms with Gasteiger partial charge in [0.05, 0.1) is 15.5 Å². The smallest absolute Gasteiger partial charge is 0.744 e. The van der Waals surface area contributed by atoms with Crippen LogP contribution in [0.5, 0.6) is 0 Å². The number of nitro groups is 1. The van der Waals surface area contributed by atoms with Gasteiger partial charge in [0.15, 0.2) is 0 Å². The van der Waals surface area contributed by atoms with Gasteiger partial charge < -0.3 is 9.87 Å². The minimum absolute atomic E-state index is 0. The number of anilines is 2. The number of nitrogens with one attached hydrogen (secondary N) is 1. The molecule has 0 aliphatic carbocycles. The van der Waals surface area contributed by atoms with Crippen molar-refractivity contribution in [3.63, 3.8) is 0 Å². The number of nitrogens with zero attached hydrogens (tertiary/aromatic N) is 1. The topological polar surface area (TPSA) is 112 Å². The normalized spacial score (nSPS) is 10.6. The predicted molar refractivity (Wildman–Crippen MR) is 70.7 cm³/mol. The number of hydrogen-bond donors (Lipinski definition) is 1. The van der Waals surface area contributed by atoms with Crippen LogP contribution in [0.15, 0.2) is 47.4 Å². The Kier molecular flexibility index (Phi) is 6.03. The zero-order valence-electron chi connectivity index (χ0n) is 11.3. The summed E-state index contributed by atoms with van der Waals surface area (Å²) < 4.78 is 46.4. The fourth-order valence-corrected chi connectivity index (χ4v) is 2.28. The van der Waals surface area contributed by atoms with E-state index in [1.54, 1.807) is 0 Å². The largest absolute Gasteiger partial charge is 1.00 e. The van der Waals surface area contributed by atoms with Crippen molar-refractivity contribution in [1.29, 1.82) is 0 Å². The van der Waals surface area contributed by atoms with E-state index >= 15 is 0 Å². The average Bonchev–Trinajstić information content (AvgIpc) is 2.40. The molecule has 2 aromatic rings. The van der Waals surface area contributed by atoms with Gasteiger partial charge in [-0.3, -0.25) is 10.1 Å². The van der Waals surface area contributed by atoms with Crippen LogP contribution in [0.1, 0.15) is 0 Å². The summed E-state index contributed by atoms with van der Waals surface area (Å²) in [5.74, 6) is -0.485. The maximum atomic E-state index is 12.8. The van der Waals surface area contributed by atoms with Crippen LogP contribution in [0.3, 0.4) is 0 Å². The van der Waals surface area contributed by atoms with Crippen molar-refractivity contribution in [3.05, 3.63) is 58.4 Å². The van der Waals surface area contributed by atoms with E-state index in [1.165, 1.54) is 12.1 Å². The Morgan fingerprint density at radius 3 is 2.18 bits per heavy atom. The molecule has 0 unspecified atom stereocenters. The second-order valence-electron chi connectivity index (χ2n) is 4.02. The molecule has 2 rings (SSSR count). The molecular weight excluding hydrogens is 326 g/mol. The summed E-state index contributed by atoms with van der Waals surface area (Å²) in [6.07, 6.45) is 0. The number of rotatable bonds is 4. The van der Waals surface area contributed by atoms with Gasteiger partial charge in [-0.05, 0) is 30.3 Å². The SMILES string of the molecule is O=[N+]([O-])c1ccc(Nc2ccc(F)cc2)c(S(=O)(=O)[O-])c1.[Na+]. The van der Waals surface area contributed by atoms with Crippen LogP contribution in [0.25, 0.3) is 0 Å². The number of halogens is 1. The van der Waals surface area contributed by atoms with Crippen LogP contribution in [0, 0.1) is 15.9 Å². The monoisotopic (exact) mass is 334 g/mol. The molecule has 1 N–H and O–H groups in total. The average molecular weight is 334 g/mol. The molecule has 0 saturated carbocycles. The second-order valence-corrected chi connectivity index (χ2v) is 5.37. The quantitative estimate of drug-likeness (QED) is 0.345. The molecule has 0 fully saturated rings. The van der Waals surface area contributed by atoms with Crippen LogP contribution in [-0.4, -0.2) is 17.9 Å². The molecule has 0 radical (unpaired) electrons. The van der Waals surface area contributed by atoms with Gasteiger partial charge in [0, 0.05) is 17.8 Å². The van der Waals surface area contributed by atoms with E-state index in [9.17, 15) is 27.5 Å². The third-order valence-electron chi connectivity index (χ3n) is 2.57. The molecule has 0 heterocycles. The first kappa shape index (κ1) is 18.5. The summed E-state index contributed by atoms with van der Waals surface area (Å²) in [7, 11) is -4.91. The summed E-state index contributed by atoms with van der Waals surface area (Å²) in [5, 5.41) is 13.2. The number of non-ortho nitro benzene ring substituents is 1. The Labute approximate surface area is 147 Å². The minimum Gasteiger partial charge on any atom is -0.744 e. The van der Waals surface area contributed by atoms with Gasteiger partial charge >= 0.3 is 29.6 Å². The van der Waals surface area contributed by atoms with Gasteiger partial charge in [0.25, 0.3) is 5.69 Å². The summed E-state index contributed by atoms with van der Waals surface area (Å²) in [6.45, 7) is 0. The van der Waals surface area contributed by atoms with Gasteiger partial charge in [-0.15, -0.1) is 0 Å². The van der Waals surface area contributed by atoms with Gasteiger partial charge in [-0.1, -0.05) is 0 Å². The molecule has 7 nitrogen and oxygen atoms in total. The Balaban J connectivity index is 0.00000242. The van der Waals surface area contributed by atoms with Crippen molar-refractivity contribution >= 4 is 27.2 Å². The third-order valence-corrected chi connectivity index (χ3v) is 3.45. The summed E-state index contributed by atoms with van der Waals surface area (Å²) in [4.78, 5) is 9.08. The third kappa shape index (κ3) is 4.49. The summed E-state index contributed by atoms with van der Waals surface area (Å²) in [6, 6.07) is 7.77. The number of hydrogen-bond acceptors (Lipinski definition) is 6. The Bertz CT molecular complexity index is 796. The van der Waals surface area contributed by atoms with Gasteiger partial charge in [0.2, 0.25) is 0 Å². The Hall–Kier alpha value is -1.52. The molecule has 0 amide bonds. The van der Waals surface area contributed by atoms with E-state index in [0.717, 1.165) is 24.3 Å². The Morgan fingerprint density at radius 2 is 1.68 bits per heavy atom. The van der Waals surface area contributed by atoms with E-state index in [1.807, 2.05) is 0 Å². The summed E-state index contributed by atoms with van der Waals surface area (Å²) >= 11 is 0. The zero-order chi connectivity index (χ0) is 15.6. The molecule has 0 aliphatic heterocycles. The van der Waals surface area contributed by atoms with Crippen LogP contribution < -0.4 is 34.9 Å². The fraction of sp³-hybridized carbons (Fsp3) is 0. The second kappa shape index (κ2) is 7.16. The van der Waals surface area contributed by atoms with E-state index < -0.39 is 31.4 Å². The predicted octanol–water partition coefficient (Wildman–Crippen LogP) is -0.614. The van der Waals surface area contributed by atoms with Crippen molar-refractivity contribution in [2.75, 3.05) is 5.32 Å². The zero-order valence-corrected chi connectivity index (χ0v) is 14.1. The maximum absolute atomic E-state index is 12.8. The molecule has 0 atom stereocenters. The van der Waals surface area contributed by atoms with Gasteiger partial charge in [0.1, 0.15) is 15.9 Å². The molecule has 0 bridgehead atoms. The maximum Gasteiger partial charge on any atom is 1.00 e. The van der Waals surface area contributed by atoms with Crippen molar-refractivity contribution in [3.8, 4) is 0 Å². The number of benzene rings is 2. The molecule has 0 aromatic heterocycles. The van der Waals surface area contributed by atoms with Crippen LogP contribution in [0.4, 0.5) is 21.5 Å². The van der Waals surface area contributed by atoms with Gasteiger partial charge in [-0.25, -0.2) is 12.8 Å². The molecule has 0 saturated heterocycles. The van der Waals surface area contributed by atoms with E-state index in [4.69, 9.17) is 0 Å². The number of nitro benzene ring substituents is 1. The van der Waals surface area contributed by atoms with Crippen molar-refractivity contribution in [1.82, 2.24) is 0 Å². The molecule has 10 heteroatoms. The Morgan fingerprint density at radius 1 is 1.09 bits per heavy atom. The molecule has 2 aromatic carbocycles. The van der Waals surface area contributed by atoms with Crippen LogP contribution in [0.2, 0.25) is 0 Å². The van der Waals surface area contributed by atoms with Crippen molar-refractivity contribution in [2.45, 2.75) is 4.90 Å². The molecule has 110 valence electrons. The van der Waals surface area contributed by atoms with Gasteiger partial charge in [-0.2, -0.15) is 0 Å². The fourth-order valence-electron chi connectivity index (χ4n) is 1.62. The van der Waals surface area contributed by atoms with Crippen molar-refractivity contribution < 1.29 is 51.8 Å². The summed E-state index contributed by atoms with van der Waals surface area (Å²) in [5.41, 5.74) is -0.313. The van der Waals surface area contributed by atoms with E-state index in [2.05, 4.69) is 5.32 Å². The molecule has 22 heavy (non-hydrogen) atoms. The first-order valence-electron chi connectivity index (χ1n) is 5.54. The van der Waals surface area contributed by atoms with Crippen molar-refractivity contribution in [2.24, 2.45) is 0 Å². The van der Waals surface area contributed by atoms with Crippen LogP contribution >= 0.6 is 0 Å². The molecule has 0 aliphatic rings. The van der Waals surface area contributed by atoms with Crippen LogP contribution in [-0.2, 0) is 10.1 Å². The minimum atomic E-state index is -4.91. The molecule has 0 spiro atoms. The first-order chi connectivity index (χ1) is 9.77. The van der Waals surface area contributed by atoms with E-state index in [-0.39, 0.29) is 35.2 Å². The van der Waals surface area contributed by atoms with E-state index in [0.29, 0.717) is 11.8 Å².